The first-order chi connectivity index (χ1) is 6.13. The molecule has 0 fully saturated rings. The standard InChI is InChI=1S/C8H17NO4/c1-4-7(6-9(10)11)5-8(12-2)13-3/h7-8H,4-6H2,1-3H3. The Kier molecular flexibility index (Phi) is 6.44. The minimum atomic E-state index is -0.329. The van der Waals surface area contributed by atoms with Crippen LogP contribution in [0.25, 0.3) is 0 Å². The van der Waals surface area contributed by atoms with E-state index in [9.17, 15) is 10.1 Å². The van der Waals surface area contributed by atoms with Gasteiger partial charge in [0, 0.05) is 31.5 Å². The lowest BCUT2D eigenvalue weighted by molar-refractivity contribution is -0.489. The van der Waals surface area contributed by atoms with Crippen LogP contribution in [0.4, 0.5) is 0 Å². The van der Waals surface area contributed by atoms with E-state index in [0.29, 0.717) is 6.42 Å². The second-order valence-electron chi connectivity index (χ2n) is 2.93. The SMILES string of the molecule is CCC(CC(OC)OC)C[N+](=O)[O-]. The van der Waals surface area contributed by atoms with E-state index in [-0.39, 0.29) is 23.7 Å². The Bertz CT molecular complexity index is 147. The number of methoxy groups -OCH3 is 2. The van der Waals surface area contributed by atoms with Crippen molar-refractivity contribution in [2.75, 3.05) is 20.8 Å². The largest absolute Gasteiger partial charge is 0.356 e. The number of nitro groups is 1. The molecule has 0 rings (SSSR count). The maximum atomic E-state index is 10.3. The molecule has 0 aliphatic rings. The van der Waals surface area contributed by atoms with Gasteiger partial charge in [0.15, 0.2) is 6.29 Å². The van der Waals surface area contributed by atoms with Gasteiger partial charge in [-0.1, -0.05) is 6.92 Å². The molecule has 0 aromatic carbocycles. The molecule has 0 aliphatic heterocycles. The van der Waals surface area contributed by atoms with Crippen molar-refractivity contribution in [2.24, 2.45) is 5.92 Å². The minimum Gasteiger partial charge on any atom is -0.356 e. The zero-order valence-corrected chi connectivity index (χ0v) is 8.36. The van der Waals surface area contributed by atoms with Gasteiger partial charge in [-0.05, 0) is 6.42 Å². The molecular weight excluding hydrogens is 174 g/mol. The maximum absolute atomic E-state index is 10.3. The topological polar surface area (TPSA) is 61.6 Å². The third kappa shape index (κ3) is 5.54. The van der Waals surface area contributed by atoms with Crippen LogP contribution in [0.5, 0.6) is 0 Å². The van der Waals surface area contributed by atoms with Crippen molar-refractivity contribution >= 4 is 0 Å². The predicted octanol–water partition coefficient (Wildman–Crippen LogP) is 1.30. The van der Waals surface area contributed by atoms with Crippen molar-refractivity contribution in [3.63, 3.8) is 0 Å². The van der Waals surface area contributed by atoms with Gasteiger partial charge in [0.25, 0.3) is 0 Å². The van der Waals surface area contributed by atoms with Crippen LogP contribution in [0.2, 0.25) is 0 Å². The summed E-state index contributed by atoms with van der Waals surface area (Å²) in [5.74, 6) is 0.0277. The molecule has 0 saturated heterocycles. The fourth-order valence-corrected chi connectivity index (χ4v) is 1.14. The van der Waals surface area contributed by atoms with Crippen LogP contribution in [0.1, 0.15) is 19.8 Å². The Hall–Kier alpha value is -0.680. The number of nitrogens with zero attached hydrogens (tertiary/aromatic N) is 1. The molecule has 0 saturated carbocycles. The Morgan fingerprint density at radius 1 is 1.38 bits per heavy atom. The molecule has 13 heavy (non-hydrogen) atoms. The molecule has 78 valence electrons. The normalized spacial score (nSPS) is 13.2. The van der Waals surface area contributed by atoms with Crippen LogP contribution in [-0.2, 0) is 9.47 Å². The maximum Gasteiger partial charge on any atom is 0.206 e. The second kappa shape index (κ2) is 6.80. The summed E-state index contributed by atoms with van der Waals surface area (Å²) < 4.78 is 9.94. The number of rotatable bonds is 7. The summed E-state index contributed by atoms with van der Waals surface area (Å²) in [7, 11) is 3.07. The van der Waals surface area contributed by atoms with Gasteiger partial charge in [-0.15, -0.1) is 0 Å². The summed E-state index contributed by atoms with van der Waals surface area (Å²) in [5, 5.41) is 10.3. The van der Waals surface area contributed by atoms with Crippen LogP contribution in [0.3, 0.4) is 0 Å². The molecule has 0 spiro atoms. The third-order valence-electron chi connectivity index (χ3n) is 2.04. The third-order valence-corrected chi connectivity index (χ3v) is 2.04. The molecule has 1 unspecified atom stereocenters. The van der Waals surface area contributed by atoms with Crippen LogP contribution in [-0.4, -0.2) is 32.0 Å². The molecule has 5 nitrogen and oxygen atoms in total. The predicted molar refractivity (Wildman–Crippen MR) is 48.1 cm³/mol. The summed E-state index contributed by atoms with van der Waals surface area (Å²) in [5.41, 5.74) is 0. The smallest absolute Gasteiger partial charge is 0.206 e. The van der Waals surface area contributed by atoms with Crippen molar-refractivity contribution in [1.29, 1.82) is 0 Å². The zero-order chi connectivity index (χ0) is 10.3. The molecular formula is C8H17NO4. The molecule has 0 radical (unpaired) electrons. The number of hydrogen-bond donors (Lipinski definition) is 0. The molecule has 0 aromatic heterocycles. The quantitative estimate of drug-likeness (QED) is 0.345. The Balaban J connectivity index is 3.87. The minimum absolute atomic E-state index is 0.0142. The summed E-state index contributed by atoms with van der Waals surface area (Å²) in [6.07, 6.45) is 1.01. The highest BCUT2D eigenvalue weighted by Crippen LogP contribution is 2.13. The lowest BCUT2D eigenvalue weighted by atomic mass is 10.0. The van der Waals surface area contributed by atoms with E-state index in [1.54, 1.807) is 0 Å². The van der Waals surface area contributed by atoms with Crippen LogP contribution in [0, 0.1) is 16.0 Å². The van der Waals surface area contributed by atoms with E-state index in [0.717, 1.165) is 6.42 Å². The zero-order valence-electron chi connectivity index (χ0n) is 8.36. The summed E-state index contributed by atoms with van der Waals surface area (Å²) in [6.45, 7) is 1.91. The van der Waals surface area contributed by atoms with Crippen LogP contribution < -0.4 is 0 Å². The van der Waals surface area contributed by atoms with Crippen LogP contribution in [0.15, 0.2) is 0 Å². The average Bonchev–Trinajstić information content (AvgIpc) is 2.11. The van der Waals surface area contributed by atoms with Gasteiger partial charge in [0.2, 0.25) is 6.54 Å². The van der Waals surface area contributed by atoms with E-state index in [4.69, 9.17) is 9.47 Å². The highest BCUT2D eigenvalue weighted by molar-refractivity contribution is 4.57. The number of hydrogen-bond acceptors (Lipinski definition) is 4. The molecule has 0 aliphatic carbocycles. The Morgan fingerprint density at radius 2 is 1.92 bits per heavy atom. The first-order valence-electron chi connectivity index (χ1n) is 4.31. The molecule has 0 heterocycles. The fraction of sp³-hybridized carbons (Fsp3) is 1.00. The van der Waals surface area contributed by atoms with Crippen molar-refractivity contribution in [3.05, 3.63) is 10.1 Å². The monoisotopic (exact) mass is 191 g/mol. The van der Waals surface area contributed by atoms with Gasteiger partial charge in [0.05, 0.1) is 0 Å². The van der Waals surface area contributed by atoms with E-state index in [1.807, 2.05) is 6.92 Å². The second-order valence-corrected chi connectivity index (χ2v) is 2.93. The van der Waals surface area contributed by atoms with Gasteiger partial charge in [-0.3, -0.25) is 10.1 Å². The van der Waals surface area contributed by atoms with E-state index < -0.39 is 0 Å². The lowest BCUT2D eigenvalue weighted by Crippen LogP contribution is -2.22. The molecule has 1 atom stereocenters. The molecule has 0 N–H and O–H groups in total. The average molecular weight is 191 g/mol. The van der Waals surface area contributed by atoms with Gasteiger partial charge in [0.1, 0.15) is 0 Å². The highest BCUT2D eigenvalue weighted by atomic mass is 16.7. The summed E-state index contributed by atoms with van der Waals surface area (Å²) in [6, 6.07) is 0. The van der Waals surface area contributed by atoms with E-state index >= 15 is 0 Å². The number of ether oxygens (including phenoxy) is 2. The van der Waals surface area contributed by atoms with E-state index in [2.05, 4.69) is 0 Å². The van der Waals surface area contributed by atoms with Crippen molar-refractivity contribution in [1.82, 2.24) is 0 Å². The lowest BCUT2D eigenvalue weighted by Gasteiger charge is -2.17. The fourth-order valence-electron chi connectivity index (χ4n) is 1.14. The first-order valence-corrected chi connectivity index (χ1v) is 4.31. The van der Waals surface area contributed by atoms with Gasteiger partial charge in [-0.25, -0.2) is 0 Å². The van der Waals surface area contributed by atoms with Crippen LogP contribution >= 0.6 is 0 Å². The molecule has 0 aromatic rings. The summed E-state index contributed by atoms with van der Waals surface area (Å²) in [4.78, 5) is 9.96. The molecule has 0 bridgehead atoms. The van der Waals surface area contributed by atoms with Crippen molar-refractivity contribution in [3.8, 4) is 0 Å². The molecule has 5 heteroatoms. The Labute approximate surface area is 78.2 Å². The van der Waals surface area contributed by atoms with Crippen molar-refractivity contribution < 1.29 is 14.4 Å². The van der Waals surface area contributed by atoms with Gasteiger partial charge in [-0.2, -0.15) is 0 Å². The van der Waals surface area contributed by atoms with Gasteiger partial charge >= 0.3 is 0 Å². The van der Waals surface area contributed by atoms with Gasteiger partial charge < -0.3 is 9.47 Å². The Morgan fingerprint density at radius 3 is 2.23 bits per heavy atom. The van der Waals surface area contributed by atoms with E-state index in [1.165, 1.54) is 14.2 Å². The van der Waals surface area contributed by atoms with Crippen molar-refractivity contribution in [2.45, 2.75) is 26.1 Å². The highest BCUT2D eigenvalue weighted by Gasteiger charge is 2.18. The summed E-state index contributed by atoms with van der Waals surface area (Å²) >= 11 is 0. The molecule has 0 amide bonds. The first kappa shape index (κ1) is 12.3.